The SMILES string of the molecule is CCCOC(=O)C([11CH3])c1ccc(-c2ccccc2)c(F)c1. The number of halogens is 1. The van der Waals surface area contributed by atoms with E-state index >= 15 is 0 Å². The van der Waals surface area contributed by atoms with Gasteiger partial charge in [0.15, 0.2) is 0 Å². The van der Waals surface area contributed by atoms with E-state index in [0.29, 0.717) is 17.7 Å². The Kier molecular flexibility index (Phi) is 5.09. The molecule has 0 bridgehead atoms. The second-order valence-corrected chi connectivity index (χ2v) is 4.99. The molecule has 0 saturated carbocycles. The van der Waals surface area contributed by atoms with E-state index in [1.54, 1.807) is 19.1 Å². The summed E-state index contributed by atoms with van der Waals surface area (Å²) in [7, 11) is 0. The molecule has 0 aliphatic carbocycles. The lowest BCUT2D eigenvalue weighted by Crippen LogP contribution is -2.14. The topological polar surface area (TPSA) is 26.3 Å². The van der Waals surface area contributed by atoms with Gasteiger partial charge in [-0.05, 0) is 30.5 Å². The van der Waals surface area contributed by atoms with Crippen LogP contribution in [0, 0.1) is 5.82 Å². The summed E-state index contributed by atoms with van der Waals surface area (Å²) in [4.78, 5) is 11.8. The zero-order valence-electron chi connectivity index (χ0n) is 12.3. The van der Waals surface area contributed by atoms with Crippen molar-refractivity contribution in [2.45, 2.75) is 26.2 Å². The summed E-state index contributed by atoms with van der Waals surface area (Å²) in [5, 5.41) is 0. The van der Waals surface area contributed by atoms with E-state index in [4.69, 9.17) is 4.74 Å². The van der Waals surface area contributed by atoms with Crippen molar-refractivity contribution in [3.63, 3.8) is 0 Å². The number of esters is 1. The van der Waals surface area contributed by atoms with E-state index in [9.17, 15) is 9.18 Å². The number of carbonyl (C=O) groups excluding carboxylic acids is 1. The molecule has 0 saturated heterocycles. The first-order valence-electron chi connectivity index (χ1n) is 7.15. The molecule has 0 aromatic heterocycles. The van der Waals surface area contributed by atoms with Crippen molar-refractivity contribution >= 4 is 5.97 Å². The summed E-state index contributed by atoms with van der Waals surface area (Å²) in [6, 6.07) is 14.3. The lowest BCUT2D eigenvalue weighted by atomic mass is 9.86. The maximum atomic E-state index is 14.3. The molecule has 110 valence electrons. The van der Waals surface area contributed by atoms with Crippen LogP contribution in [0.3, 0.4) is 0 Å². The maximum absolute atomic E-state index is 14.3. The van der Waals surface area contributed by atoms with Crippen LogP contribution in [0.15, 0.2) is 48.5 Å². The Morgan fingerprint density at radius 1 is 1.19 bits per heavy atom. The van der Waals surface area contributed by atoms with Crippen molar-refractivity contribution in [3.05, 3.63) is 59.9 Å². The lowest BCUT2D eigenvalue weighted by molar-refractivity contribution is -0.145. The predicted molar refractivity (Wildman–Crippen MR) is 81.5 cm³/mol. The Balaban J connectivity index is 2.21. The van der Waals surface area contributed by atoms with E-state index in [1.807, 2.05) is 37.3 Å². The van der Waals surface area contributed by atoms with Gasteiger partial charge in [-0.3, -0.25) is 4.79 Å². The molecule has 0 aliphatic rings. The number of benzene rings is 2. The Bertz CT molecular complexity index is 608. The van der Waals surface area contributed by atoms with Gasteiger partial charge in [0.25, 0.3) is 0 Å². The van der Waals surface area contributed by atoms with Crippen LogP contribution in [-0.4, -0.2) is 12.6 Å². The van der Waals surface area contributed by atoms with Crippen LogP contribution in [0.2, 0.25) is 0 Å². The molecule has 2 aromatic rings. The van der Waals surface area contributed by atoms with E-state index in [0.717, 1.165) is 12.0 Å². The van der Waals surface area contributed by atoms with Gasteiger partial charge in [-0.1, -0.05) is 49.4 Å². The summed E-state index contributed by atoms with van der Waals surface area (Å²) >= 11 is 0. The molecule has 1 unspecified atom stereocenters. The van der Waals surface area contributed by atoms with Crippen molar-refractivity contribution in [2.24, 2.45) is 0 Å². The van der Waals surface area contributed by atoms with Crippen LogP contribution in [0.1, 0.15) is 31.7 Å². The van der Waals surface area contributed by atoms with E-state index in [-0.39, 0.29) is 11.8 Å². The number of hydrogen-bond acceptors (Lipinski definition) is 2. The summed E-state index contributed by atoms with van der Waals surface area (Å²) in [5.74, 6) is -1.10. The van der Waals surface area contributed by atoms with Crippen LogP contribution in [0.4, 0.5) is 4.39 Å². The first kappa shape index (κ1) is 15.2. The highest BCUT2D eigenvalue weighted by Crippen LogP contribution is 2.26. The predicted octanol–water partition coefficient (Wildman–Crippen LogP) is 4.55. The van der Waals surface area contributed by atoms with Crippen molar-refractivity contribution in [1.29, 1.82) is 0 Å². The van der Waals surface area contributed by atoms with Gasteiger partial charge in [0, 0.05) is 5.56 Å². The average Bonchev–Trinajstić information content (AvgIpc) is 2.52. The highest BCUT2D eigenvalue weighted by atomic mass is 19.1. The summed E-state index contributed by atoms with van der Waals surface area (Å²) in [6.45, 7) is 4.06. The number of carbonyl (C=O) groups is 1. The molecule has 0 radical (unpaired) electrons. The van der Waals surface area contributed by atoms with Crippen LogP contribution in [-0.2, 0) is 9.53 Å². The van der Waals surface area contributed by atoms with Crippen molar-refractivity contribution in [1.82, 2.24) is 0 Å². The molecule has 0 fully saturated rings. The molecule has 1 atom stereocenters. The molecule has 0 amide bonds. The third-order valence-corrected chi connectivity index (χ3v) is 3.38. The standard InChI is InChI=1S/C18H19FO2/c1-3-11-21-18(20)13(2)15-9-10-16(17(19)12-15)14-7-5-4-6-8-14/h4-10,12-13H,3,11H2,1-2H3/i2-1. The minimum Gasteiger partial charge on any atom is -0.465 e. The van der Waals surface area contributed by atoms with Gasteiger partial charge in [-0.2, -0.15) is 0 Å². The third kappa shape index (κ3) is 3.69. The quantitative estimate of drug-likeness (QED) is 0.753. The van der Waals surface area contributed by atoms with Crippen LogP contribution in [0.5, 0.6) is 0 Å². The Morgan fingerprint density at radius 2 is 1.90 bits per heavy atom. The lowest BCUT2D eigenvalue weighted by Gasteiger charge is -2.13. The highest BCUT2D eigenvalue weighted by molar-refractivity contribution is 5.78. The fourth-order valence-electron chi connectivity index (χ4n) is 2.12. The highest BCUT2D eigenvalue weighted by Gasteiger charge is 2.18. The van der Waals surface area contributed by atoms with Crippen LogP contribution >= 0.6 is 0 Å². The molecule has 0 N–H and O–H groups in total. The fourth-order valence-corrected chi connectivity index (χ4v) is 2.12. The van der Waals surface area contributed by atoms with Gasteiger partial charge in [-0.15, -0.1) is 0 Å². The summed E-state index contributed by atoms with van der Waals surface area (Å²) < 4.78 is 19.4. The summed E-state index contributed by atoms with van der Waals surface area (Å²) in [6.07, 6.45) is 0.778. The van der Waals surface area contributed by atoms with E-state index in [2.05, 4.69) is 0 Å². The number of rotatable bonds is 5. The average molecular weight is 285 g/mol. The third-order valence-electron chi connectivity index (χ3n) is 3.38. The first-order chi connectivity index (χ1) is 10.1. The molecule has 3 heteroatoms. The second-order valence-electron chi connectivity index (χ2n) is 4.99. The van der Waals surface area contributed by atoms with Gasteiger partial charge in [-0.25, -0.2) is 4.39 Å². The van der Waals surface area contributed by atoms with Gasteiger partial charge in [0.2, 0.25) is 0 Å². The second kappa shape index (κ2) is 7.02. The zero-order valence-corrected chi connectivity index (χ0v) is 12.3. The molecule has 0 spiro atoms. The summed E-state index contributed by atoms with van der Waals surface area (Å²) in [5.41, 5.74) is 1.99. The van der Waals surface area contributed by atoms with Crippen molar-refractivity contribution < 1.29 is 13.9 Å². The monoisotopic (exact) mass is 285 g/mol. The molecule has 2 aromatic carbocycles. The van der Waals surface area contributed by atoms with E-state index in [1.165, 1.54) is 6.07 Å². The first-order valence-corrected chi connectivity index (χ1v) is 7.15. The van der Waals surface area contributed by atoms with Crippen molar-refractivity contribution in [2.75, 3.05) is 6.61 Å². The molecule has 0 aliphatic heterocycles. The Morgan fingerprint density at radius 3 is 2.52 bits per heavy atom. The normalized spacial score (nSPS) is 12.0. The zero-order chi connectivity index (χ0) is 15.2. The molecule has 2 rings (SSSR count). The molecule has 0 heterocycles. The number of ether oxygens (including phenoxy) is 1. The molecular weight excluding hydrogens is 266 g/mol. The Hall–Kier alpha value is -2.16. The fraction of sp³-hybridized carbons (Fsp3) is 0.278. The van der Waals surface area contributed by atoms with Gasteiger partial charge < -0.3 is 4.74 Å². The van der Waals surface area contributed by atoms with Crippen molar-refractivity contribution in [3.8, 4) is 11.1 Å². The van der Waals surface area contributed by atoms with Gasteiger partial charge >= 0.3 is 5.97 Å². The van der Waals surface area contributed by atoms with Gasteiger partial charge in [0.05, 0.1) is 12.5 Å². The van der Waals surface area contributed by atoms with E-state index < -0.39 is 5.92 Å². The molecule has 2 nitrogen and oxygen atoms in total. The maximum Gasteiger partial charge on any atom is 0.313 e. The smallest absolute Gasteiger partial charge is 0.313 e. The number of hydrogen-bond donors (Lipinski definition) is 0. The van der Waals surface area contributed by atoms with Crippen LogP contribution in [0.25, 0.3) is 11.1 Å². The minimum atomic E-state index is -0.462. The molecule has 21 heavy (non-hydrogen) atoms. The van der Waals surface area contributed by atoms with Crippen LogP contribution < -0.4 is 0 Å². The molecular formula is C18H19FO2. The Labute approximate surface area is 124 Å². The van der Waals surface area contributed by atoms with Gasteiger partial charge in [0.1, 0.15) is 5.82 Å². The minimum absolute atomic E-state index is 0.316. The largest absolute Gasteiger partial charge is 0.465 e.